The van der Waals surface area contributed by atoms with E-state index < -0.39 is 0 Å². The quantitative estimate of drug-likeness (QED) is 0.738. The molecule has 0 radical (unpaired) electrons. The molecule has 0 saturated carbocycles. The molecule has 140 valence electrons. The van der Waals surface area contributed by atoms with Crippen LogP contribution in [0.1, 0.15) is 23.9 Å². The van der Waals surface area contributed by atoms with Crippen LogP contribution in [0, 0.1) is 19.8 Å². The van der Waals surface area contributed by atoms with Crippen LogP contribution < -0.4 is 14.8 Å². The van der Waals surface area contributed by atoms with Gasteiger partial charge in [-0.05, 0) is 49.6 Å². The summed E-state index contributed by atoms with van der Waals surface area (Å²) in [5.41, 5.74) is 2.98. The van der Waals surface area contributed by atoms with Crippen LogP contribution in [0.5, 0.6) is 11.5 Å². The predicted octanol–water partition coefficient (Wildman–Crippen LogP) is 2.98. The van der Waals surface area contributed by atoms with Gasteiger partial charge < -0.3 is 14.8 Å². The van der Waals surface area contributed by atoms with E-state index in [0.29, 0.717) is 18.0 Å². The van der Waals surface area contributed by atoms with E-state index in [1.54, 1.807) is 26.4 Å². The smallest absolute Gasteiger partial charge is 0.244 e. The van der Waals surface area contributed by atoms with Crippen molar-refractivity contribution >= 4 is 12.0 Å². The van der Waals surface area contributed by atoms with Gasteiger partial charge >= 0.3 is 0 Å². The Labute approximate surface area is 154 Å². The van der Waals surface area contributed by atoms with E-state index in [9.17, 15) is 4.79 Å². The summed E-state index contributed by atoms with van der Waals surface area (Å²) in [5, 5.41) is 7.38. The number of hydrogen-bond donors (Lipinski definition) is 1. The molecule has 0 aliphatic rings. The molecule has 2 rings (SSSR count). The molecule has 1 aromatic carbocycles. The van der Waals surface area contributed by atoms with Crippen molar-refractivity contribution in [2.75, 3.05) is 20.8 Å². The van der Waals surface area contributed by atoms with E-state index in [-0.39, 0.29) is 11.8 Å². The van der Waals surface area contributed by atoms with Gasteiger partial charge in [0.1, 0.15) is 11.5 Å². The van der Waals surface area contributed by atoms with Crippen LogP contribution in [0.3, 0.4) is 0 Å². The molecule has 1 heterocycles. The van der Waals surface area contributed by atoms with Crippen LogP contribution in [0.15, 0.2) is 30.3 Å². The molecule has 26 heavy (non-hydrogen) atoms. The minimum absolute atomic E-state index is 0.132. The summed E-state index contributed by atoms with van der Waals surface area (Å²) in [6.45, 7) is 7.47. The second-order valence-electron chi connectivity index (χ2n) is 6.44. The molecule has 0 bridgehead atoms. The number of aryl methyl sites for hydroxylation is 2. The van der Waals surface area contributed by atoms with E-state index in [1.807, 2.05) is 30.7 Å². The van der Waals surface area contributed by atoms with Gasteiger partial charge in [-0.25, -0.2) is 0 Å². The number of methoxy groups -OCH3 is 2. The molecule has 6 nitrogen and oxygen atoms in total. The highest BCUT2D eigenvalue weighted by Gasteiger charge is 2.08. The molecule has 0 spiro atoms. The molecule has 0 aliphatic heterocycles. The molecule has 1 atom stereocenters. The summed E-state index contributed by atoms with van der Waals surface area (Å²) in [6.07, 6.45) is 3.26. The summed E-state index contributed by atoms with van der Waals surface area (Å²) >= 11 is 0. The van der Waals surface area contributed by atoms with Crippen molar-refractivity contribution in [3.8, 4) is 11.5 Å². The summed E-state index contributed by atoms with van der Waals surface area (Å²) in [4.78, 5) is 12.1. The van der Waals surface area contributed by atoms with Gasteiger partial charge in [-0.15, -0.1) is 0 Å². The molecule has 1 unspecified atom stereocenters. The molecule has 1 aromatic heterocycles. The van der Waals surface area contributed by atoms with Crippen LogP contribution in [0.25, 0.3) is 6.08 Å². The number of carbonyl (C=O) groups excluding carboxylic acids is 1. The van der Waals surface area contributed by atoms with E-state index in [4.69, 9.17) is 9.47 Å². The first kappa shape index (κ1) is 19.6. The SMILES string of the molecule is COc1cc(/C=C/C(=O)NCC(C)Cn2nc(C)cc2C)cc(OC)c1. The van der Waals surface area contributed by atoms with Gasteiger partial charge in [-0.3, -0.25) is 9.48 Å². The zero-order chi connectivity index (χ0) is 19.1. The fourth-order valence-electron chi connectivity index (χ4n) is 2.65. The van der Waals surface area contributed by atoms with Gasteiger partial charge in [-0.2, -0.15) is 5.10 Å². The number of amides is 1. The number of nitrogens with one attached hydrogen (secondary N) is 1. The largest absolute Gasteiger partial charge is 0.497 e. The van der Waals surface area contributed by atoms with Crippen molar-refractivity contribution in [1.82, 2.24) is 15.1 Å². The van der Waals surface area contributed by atoms with E-state index in [2.05, 4.69) is 23.4 Å². The first-order chi connectivity index (χ1) is 12.4. The highest BCUT2D eigenvalue weighted by Crippen LogP contribution is 2.23. The summed E-state index contributed by atoms with van der Waals surface area (Å²) in [5.74, 6) is 1.51. The maximum atomic E-state index is 12.1. The number of hydrogen-bond acceptors (Lipinski definition) is 4. The Hall–Kier alpha value is -2.76. The second kappa shape index (κ2) is 9.08. The molecule has 1 N–H and O–H groups in total. The number of ether oxygens (including phenoxy) is 2. The van der Waals surface area contributed by atoms with E-state index in [1.165, 1.54) is 6.08 Å². The van der Waals surface area contributed by atoms with Gasteiger partial charge in [-0.1, -0.05) is 6.92 Å². The molecule has 0 aliphatic carbocycles. The standard InChI is InChI=1S/C20H27N3O3/c1-14(13-23-16(3)8-15(2)22-23)12-21-20(24)7-6-17-9-18(25-4)11-19(10-17)26-5/h6-11,14H,12-13H2,1-5H3,(H,21,24)/b7-6+. The Bertz CT molecular complexity index is 758. The highest BCUT2D eigenvalue weighted by molar-refractivity contribution is 5.91. The Balaban J connectivity index is 1.88. The lowest BCUT2D eigenvalue weighted by atomic mass is 10.1. The third-order valence-electron chi connectivity index (χ3n) is 4.01. The van der Waals surface area contributed by atoms with Crippen molar-refractivity contribution in [3.63, 3.8) is 0 Å². The maximum Gasteiger partial charge on any atom is 0.244 e. The summed E-state index contributed by atoms with van der Waals surface area (Å²) < 4.78 is 12.4. The minimum atomic E-state index is -0.132. The van der Waals surface area contributed by atoms with E-state index >= 15 is 0 Å². The summed E-state index contributed by atoms with van der Waals surface area (Å²) in [7, 11) is 3.19. The normalized spacial score (nSPS) is 12.2. The fraction of sp³-hybridized carbons (Fsp3) is 0.400. The number of benzene rings is 1. The summed E-state index contributed by atoms with van der Waals surface area (Å²) in [6, 6.07) is 7.53. The minimum Gasteiger partial charge on any atom is -0.497 e. The average molecular weight is 357 g/mol. The van der Waals surface area contributed by atoms with Crippen LogP contribution in [-0.2, 0) is 11.3 Å². The monoisotopic (exact) mass is 357 g/mol. The van der Waals surface area contributed by atoms with Crippen LogP contribution >= 0.6 is 0 Å². The third kappa shape index (κ3) is 5.65. The highest BCUT2D eigenvalue weighted by atomic mass is 16.5. The van der Waals surface area contributed by atoms with Gasteiger partial charge in [0.25, 0.3) is 0 Å². The first-order valence-electron chi connectivity index (χ1n) is 8.61. The molecular weight excluding hydrogens is 330 g/mol. The molecule has 1 amide bonds. The van der Waals surface area contributed by atoms with Gasteiger partial charge in [0.2, 0.25) is 5.91 Å². The van der Waals surface area contributed by atoms with Crippen LogP contribution in [0.4, 0.5) is 0 Å². The van der Waals surface area contributed by atoms with Gasteiger partial charge in [0.15, 0.2) is 0 Å². The van der Waals surface area contributed by atoms with Gasteiger partial charge in [0.05, 0.1) is 19.9 Å². The van der Waals surface area contributed by atoms with E-state index in [0.717, 1.165) is 23.5 Å². The van der Waals surface area contributed by atoms with Crippen LogP contribution in [-0.4, -0.2) is 36.5 Å². The van der Waals surface area contributed by atoms with Crippen molar-refractivity contribution in [1.29, 1.82) is 0 Å². The lowest BCUT2D eigenvalue weighted by Crippen LogP contribution is -2.29. The second-order valence-corrected chi connectivity index (χ2v) is 6.44. The Morgan fingerprint density at radius 2 is 1.85 bits per heavy atom. The van der Waals surface area contributed by atoms with Crippen molar-refractivity contribution in [3.05, 3.63) is 47.3 Å². The lowest BCUT2D eigenvalue weighted by molar-refractivity contribution is -0.116. The topological polar surface area (TPSA) is 65.4 Å². The van der Waals surface area contributed by atoms with Crippen molar-refractivity contribution in [2.24, 2.45) is 5.92 Å². The molecule has 6 heteroatoms. The number of rotatable bonds is 8. The van der Waals surface area contributed by atoms with Crippen LogP contribution in [0.2, 0.25) is 0 Å². The molecule has 0 saturated heterocycles. The Morgan fingerprint density at radius 3 is 2.38 bits per heavy atom. The Kier molecular flexibility index (Phi) is 6.83. The van der Waals surface area contributed by atoms with Crippen molar-refractivity contribution in [2.45, 2.75) is 27.3 Å². The zero-order valence-corrected chi connectivity index (χ0v) is 16.1. The third-order valence-corrected chi connectivity index (χ3v) is 4.01. The number of carbonyl (C=O) groups is 1. The maximum absolute atomic E-state index is 12.1. The Morgan fingerprint density at radius 1 is 1.19 bits per heavy atom. The molecule has 0 fully saturated rings. The first-order valence-corrected chi connectivity index (χ1v) is 8.61. The average Bonchev–Trinajstić information content (AvgIpc) is 2.94. The molecular formula is C20H27N3O3. The zero-order valence-electron chi connectivity index (χ0n) is 16.1. The number of nitrogens with zero attached hydrogens (tertiary/aromatic N) is 2. The lowest BCUT2D eigenvalue weighted by Gasteiger charge is -2.13. The van der Waals surface area contributed by atoms with Crippen molar-refractivity contribution < 1.29 is 14.3 Å². The number of aromatic nitrogens is 2. The van der Waals surface area contributed by atoms with Gasteiger partial charge in [0, 0.05) is 30.9 Å². The fourth-order valence-corrected chi connectivity index (χ4v) is 2.65. The predicted molar refractivity (Wildman–Crippen MR) is 102 cm³/mol. The molecule has 2 aromatic rings.